The smallest absolute Gasteiger partial charge is 0.241 e. The van der Waals surface area contributed by atoms with E-state index in [0.29, 0.717) is 10.8 Å². The van der Waals surface area contributed by atoms with Crippen LogP contribution in [0.15, 0.2) is 65.8 Å². The Morgan fingerprint density at radius 2 is 1.72 bits per heavy atom. The first-order valence-corrected chi connectivity index (χ1v) is 9.54. The van der Waals surface area contributed by atoms with Crippen molar-refractivity contribution in [3.63, 3.8) is 0 Å². The van der Waals surface area contributed by atoms with Gasteiger partial charge in [0.2, 0.25) is 10.0 Å². The Hall–Kier alpha value is -2.15. The summed E-state index contributed by atoms with van der Waals surface area (Å²) in [7, 11) is -1.89. The van der Waals surface area contributed by atoms with E-state index in [-0.39, 0.29) is 4.90 Å². The summed E-state index contributed by atoms with van der Waals surface area (Å²) in [6.07, 6.45) is 3.41. The average molecular weight is 376 g/mol. The molecule has 0 aliphatic heterocycles. The minimum Gasteiger partial charge on any atom is -0.336 e. The number of rotatable bonds is 5. The van der Waals surface area contributed by atoms with E-state index in [2.05, 4.69) is 9.71 Å². The van der Waals surface area contributed by atoms with Crippen molar-refractivity contribution < 1.29 is 8.42 Å². The van der Waals surface area contributed by atoms with Crippen LogP contribution in [0.5, 0.6) is 0 Å². The second kappa shape index (κ2) is 7.00. The molecule has 1 N–H and O–H groups in total. The number of hydrogen-bond donors (Lipinski definition) is 1. The fraction of sp³-hybridized carbons (Fsp3) is 0.167. The van der Waals surface area contributed by atoms with Gasteiger partial charge in [-0.1, -0.05) is 41.4 Å². The Morgan fingerprint density at radius 1 is 1.08 bits per heavy atom. The zero-order chi connectivity index (χ0) is 18.0. The molecule has 0 unspecified atom stereocenters. The van der Waals surface area contributed by atoms with Crippen molar-refractivity contribution >= 4 is 21.6 Å². The van der Waals surface area contributed by atoms with Crippen molar-refractivity contribution in [2.24, 2.45) is 7.05 Å². The van der Waals surface area contributed by atoms with Crippen LogP contribution in [0.25, 0.3) is 0 Å². The summed E-state index contributed by atoms with van der Waals surface area (Å²) < 4.78 is 30.2. The van der Waals surface area contributed by atoms with E-state index in [1.165, 1.54) is 0 Å². The van der Waals surface area contributed by atoms with E-state index in [9.17, 15) is 8.42 Å². The summed E-state index contributed by atoms with van der Waals surface area (Å²) in [6, 6.07) is 13.1. The lowest BCUT2D eigenvalue weighted by Crippen LogP contribution is -2.31. The Labute approximate surface area is 152 Å². The number of imidazole rings is 1. The summed E-state index contributed by atoms with van der Waals surface area (Å²) >= 11 is 5.96. The molecule has 0 bridgehead atoms. The van der Waals surface area contributed by atoms with E-state index in [0.717, 1.165) is 11.1 Å². The van der Waals surface area contributed by atoms with Crippen LogP contribution in [-0.2, 0) is 17.1 Å². The predicted octanol–water partition coefficient (Wildman–Crippen LogP) is 3.45. The van der Waals surface area contributed by atoms with Crippen LogP contribution < -0.4 is 4.72 Å². The molecule has 0 saturated heterocycles. The second-order valence-corrected chi connectivity index (χ2v) is 7.97. The maximum Gasteiger partial charge on any atom is 0.241 e. The Kier molecular flexibility index (Phi) is 4.94. The minimum atomic E-state index is -3.71. The van der Waals surface area contributed by atoms with Gasteiger partial charge >= 0.3 is 0 Å². The number of nitrogens with zero attached hydrogens (tertiary/aromatic N) is 2. The largest absolute Gasteiger partial charge is 0.336 e. The lowest BCUT2D eigenvalue weighted by Gasteiger charge is -2.19. The van der Waals surface area contributed by atoms with Crippen LogP contribution >= 0.6 is 11.6 Å². The molecular weight excluding hydrogens is 358 g/mol. The van der Waals surface area contributed by atoms with Crippen molar-refractivity contribution in [2.45, 2.75) is 17.9 Å². The van der Waals surface area contributed by atoms with Gasteiger partial charge in [-0.15, -0.1) is 0 Å². The van der Waals surface area contributed by atoms with Gasteiger partial charge in [0, 0.05) is 24.5 Å². The highest BCUT2D eigenvalue weighted by Gasteiger charge is 2.25. The third-order valence-corrected chi connectivity index (χ3v) is 5.62. The molecule has 130 valence electrons. The number of aromatic nitrogens is 2. The Bertz CT molecular complexity index is 964. The standard InChI is InChI=1S/C18H18ClN3O2S/c1-13-3-9-16(10-4-13)25(23,24)21-17(18-20-11-12-22(18)2)14-5-7-15(19)8-6-14/h3-12,17,21H,1-2H3/t17-/m0/s1. The molecule has 5 nitrogen and oxygen atoms in total. The zero-order valence-corrected chi connectivity index (χ0v) is 15.4. The Balaban J connectivity index is 2.02. The second-order valence-electron chi connectivity index (χ2n) is 5.82. The topological polar surface area (TPSA) is 64.0 Å². The SMILES string of the molecule is Cc1ccc(S(=O)(=O)N[C@@H](c2ccc(Cl)cc2)c2nccn2C)cc1. The molecule has 0 aliphatic carbocycles. The molecule has 25 heavy (non-hydrogen) atoms. The monoisotopic (exact) mass is 375 g/mol. The first kappa shape index (κ1) is 17.7. The van der Waals surface area contributed by atoms with Gasteiger partial charge in [-0.25, -0.2) is 13.4 Å². The van der Waals surface area contributed by atoms with Gasteiger partial charge in [-0.2, -0.15) is 4.72 Å². The van der Waals surface area contributed by atoms with Crippen LogP contribution in [0.3, 0.4) is 0 Å². The van der Waals surface area contributed by atoms with E-state index in [1.807, 2.05) is 14.0 Å². The highest BCUT2D eigenvalue weighted by atomic mass is 35.5. The Morgan fingerprint density at radius 3 is 2.28 bits per heavy atom. The maximum absolute atomic E-state index is 12.8. The van der Waals surface area contributed by atoms with Gasteiger partial charge in [0.25, 0.3) is 0 Å². The van der Waals surface area contributed by atoms with Crippen LogP contribution in [0.4, 0.5) is 0 Å². The summed E-state index contributed by atoms with van der Waals surface area (Å²) in [5.41, 5.74) is 1.76. The van der Waals surface area contributed by atoms with E-state index in [4.69, 9.17) is 11.6 Å². The van der Waals surface area contributed by atoms with Crippen LogP contribution in [-0.4, -0.2) is 18.0 Å². The van der Waals surface area contributed by atoms with Crippen molar-refractivity contribution in [3.05, 3.63) is 82.9 Å². The highest BCUT2D eigenvalue weighted by Crippen LogP contribution is 2.24. The van der Waals surface area contributed by atoms with Gasteiger partial charge < -0.3 is 4.57 Å². The number of halogens is 1. The average Bonchev–Trinajstić information content (AvgIpc) is 3.00. The summed E-state index contributed by atoms with van der Waals surface area (Å²) in [6.45, 7) is 1.91. The number of hydrogen-bond acceptors (Lipinski definition) is 3. The number of sulfonamides is 1. The summed E-state index contributed by atoms with van der Waals surface area (Å²) in [5.74, 6) is 0.595. The van der Waals surface area contributed by atoms with Gasteiger partial charge in [-0.3, -0.25) is 0 Å². The molecule has 0 spiro atoms. The molecule has 3 aromatic rings. The fourth-order valence-corrected chi connectivity index (χ4v) is 3.83. The highest BCUT2D eigenvalue weighted by molar-refractivity contribution is 7.89. The van der Waals surface area contributed by atoms with E-state index >= 15 is 0 Å². The normalized spacial score (nSPS) is 12.9. The molecule has 1 atom stereocenters. The fourth-order valence-electron chi connectivity index (χ4n) is 2.52. The molecule has 1 aromatic heterocycles. The maximum atomic E-state index is 12.8. The summed E-state index contributed by atoms with van der Waals surface area (Å²) in [4.78, 5) is 4.52. The molecule has 0 aliphatic rings. The molecule has 3 rings (SSSR count). The quantitative estimate of drug-likeness (QED) is 0.742. The molecule has 0 amide bonds. The van der Waals surface area contributed by atoms with Crippen molar-refractivity contribution in [1.29, 1.82) is 0 Å². The van der Waals surface area contributed by atoms with Gasteiger partial charge in [0.1, 0.15) is 11.9 Å². The third kappa shape index (κ3) is 3.92. The van der Waals surface area contributed by atoms with Gasteiger partial charge in [0.05, 0.1) is 4.90 Å². The minimum absolute atomic E-state index is 0.214. The number of nitrogens with one attached hydrogen (secondary N) is 1. The van der Waals surface area contributed by atoms with Crippen molar-refractivity contribution in [3.8, 4) is 0 Å². The van der Waals surface area contributed by atoms with Crippen molar-refractivity contribution in [1.82, 2.24) is 14.3 Å². The van der Waals surface area contributed by atoms with Crippen LogP contribution in [0.2, 0.25) is 5.02 Å². The molecule has 0 radical (unpaired) electrons. The van der Waals surface area contributed by atoms with Crippen molar-refractivity contribution in [2.75, 3.05) is 0 Å². The first-order chi connectivity index (χ1) is 11.9. The summed E-state index contributed by atoms with van der Waals surface area (Å²) in [5, 5.41) is 0.587. The first-order valence-electron chi connectivity index (χ1n) is 7.68. The lowest BCUT2D eigenvalue weighted by atomic mass is 10.1. The molecule has 1 heterocycles. The van der Waals surface area contributed by atoms with E-state index < -0.39 is 16.1 Å². The number of aryl methyl sites for hydroxylation is 2. The van der Waals surface area contributed by atoms with Crippen LogP contribution in [0.1, 0.15) is 23.0 Å². The third-order valence-electron chi connectivity index (χ3n) is 3.92. The molecule has 2 aromatic carbocycles. The van der Waals surface area contributed by atoms with Gasteiger partial charge in [-0.05, 0) is 36.8 Å². The molecule has 0 fully saturated rings. The molecule has 7 heteroatoms. The lowest BCUT2D eigenvalue weighted by molar-refractivity contribution is 0.563. The van der Waals surface area contributed by atoms with Crippen LogP contribution in [0, 0.1) is 6.92 Å². The zero-order valence-electron chi connectivity index (χ0n) is 13.8. The predicted molar refractivity (Wildman–Crippen MR) is 98.0 cm³/mol. The van der Waals surface area contributed by atoms with E-state index in [1.54, 1.807) is 65.5 Å². The number of benzene rings is 2. The van der Waals surface area contributed by atoms with Gasteiger partial charge in [0.15, 0.2) is 0 Å². The molecular formula is C18H18ClN3O2S. The molecule has 0 saturated carbocycles.